The molecule has 1 aliphatic heterocycles. The number of hydrogen-bond acceptors (Lipinski definition) is 2. The fourth-order valence-corrected chi connectivity index (χ4v) is 2.87. The minimum Gasteiger partial charge on any atom is -0.481 e. The number of aliphatic carboxylic acids is 1. The maximum Gasteiger partial charge on any atom is 0.314 e. The minimum absolute atomic E-state index is 0.531. The Balaban J connectivity index is 1.87. The molecule has 1 aliphatic carbocycles. The number of rotatable bonds is 3. The van der Waals surface area contributed by atoms with Gasteiger partial charge in [0.25, 0.3) is 0 Å². The summed E-state index contributed by atoms with van der Waals surface area (Å²) in [6.45, 7) is 1.64. The molecule has 3 heteroatoms. The van der Waals surface area contributed by atoms with E-state index in [-0.39, 0.29) is 0 Å². The molecule has 0 atom stereocenters. The molecule has 0 bridgehead atoms. The monoisotopic (exact) mass is 246 g/mol. The molecule has 2 aliphatic rings. The fourth-order valence-electron chi connectivity index (χ4n) is 2.87. The third-order valence-electron chi connectivity index (χ3n) is 4.29. The Morgan fingerprint density at radius 1 is 1.28 bits per heavy atom. The third kappa shape index (κ3) is 1.93. The Kier molecular flexibility index (Phi) is 2.86. The van der Waals surface area contributed by atoms with E-state index in [1.165, 1.54) is 5.56 Å². The van der Waals surface area contributed by atoms with Gasteiger partial charge in [-0.2, -0.15) is 0 Å². The predicted molar refractivity (Wildman–Crippen MR) is 67.8 cm³/mol. The largest absolute Gasteiger partial charge is 0.481 e. The highest BCUT2D eigenvalue weighted by atomic mass is 16.5. The average molecular weight is 246 g/mol. The van der Waals surface area contributed by atoms with Gasteiger partial charge in [-0.15, -0.1) is 0 Å². The minimum atomic E-state index is -0.674. The van der Waals surface area contributed by atoms with E-state index < -0.39 is 11.4 Å². The first kappa shape index (κ1) is 11.7. The van der Waals surface area contributed by atoms with Crippen molar-refractivity contribution in [3.8, 4) is 0 Å². The molecule has 0 aromatic heterocycles. The molecule has 96 valence electrons. The van der Waals surface area contributed by atoms with E-state index >= 15 is 0 Å². The summed E-state index contributed by atoms with van der Waals surface area (Å²) in [4.78, 5) is 11.4. The lowest BCUT2D eigenvalue weighted by molar-refractivity contribution is -0.140. The molecule has 1 heterocycles. The first-order valence-corrected chi connectivity index (χ1v) is 6.64. The SMILES string of the molecule is O=C(O)C1(c2cccc(C3CCOCC3)c2)CC1. The number of benzene rings is 1. The zero-order valence-electron chi connectivity index (χ0n) is 10.4. The molecule has 2 fully saturated rings. The number of carboxylic acids is 1. The van der Waals surface area contributed by atoms with Gasteiger partial charge < -0.3 is 9.84 Å². The molecule has 0 amide bonds. The predicted octanol–water partition coefficient (Wildman–Crippen LogP) is 2.70. The normalized spacial score (nSPS) is 22.7. The van der Waals surface area contributed by atoms with Crippen molar-refractivity contribution in [3.63, 3.8) is 0 Å². The van der Waals surface area contributed by atoms with Crippen molar-refractivity contribution in [2.24, 2.45) is 0 Å². The average Bonchev–Trinajstić information content (AvgIpc) is 3.21. The molecule has 0 spiro atoms. The van der Waals surface area contributed by atoms with Gasteiger partial charge >= 0.3 is 5.97 Å². The molecule has 1 saturated carbocycles. The van der Waals surface area contributed by atoms with Gasteiger partial charge in [-0.05, 0) is 42.7 Å². The van der Waals surface area contributed by atoms with E-state index in [1.54, 1.807) is 0 Å². The van der Waals surface area contributed by atoms with Crippen molar-refractivity contribution in [3.05, 3.63) is 35.4 Å². The second-order valence-corrected chi connectivity index (χ2v) is 5.40. The van der Waals surface area contributed by atoms with Gasteiger partial charge in [0.1, 0.15) is 0 Å². The van der Waals surface area contributed by atoms with Gasteiger partial charge in [0, 0.05) is 13.2 Å². The van der Waals surface area contributed by atoms with Crippen molar-refractivity contribution < 1.29 is 14.6 Å². The molecule has 1 aromatic carbocycles. The Labute approximate surface area is 107 Å². The summed E-state index contributed by atoms with van der Waals surface area (Å²) in [5, 5.41) is 9.34. The van der Waals surface area contributed by atoms with Crippen molar-refractivity contribution in [2.75, 3.05) is 13.2 Å². The van der Waals surface area contributed by atoms with Crippen LogP contribution in [0.2, 0.25) is 0 Å². The molecule has 3 nitrogen and oxygen atoms in total. The van der Waals surface area contributed by atoms with Gasteiger partial charge in [0.05, 0.1) is 5.41 Å². The molecule has 1 saturated heterocycles. The molecule has 0 radical (unpaired) electrons. The molecule has 18 heavy (non-hydrogen) atoms. The van der Waals surface area contributed by atoms with E-state index in [1.807, 2.05) is 12.1 Å². The summed E-state index contributed by atoms with van der Waals surface area (Å²) in [5.74, 6) is -0.144. The molecule has 1 N–H and O–H groups in total. The van der Waals surface area contributed by atoms with Crippen LogP contribution in [0.1, 0.15) is 42.7 Å². The van der Waals surface area contributed by atoms with Gasteiger partial charge in [-0.1, -0.05) is 24.3 Å². The molecule has 1 aromatic rings. The summed E-state index contributed by atoms with van der Waals surface area (Å²) < 4.78 is 5.38. The Hall–Kier alpha value is -1.35. The summed E-state index contributed by atoms with van der Waals surface area (Å²) in [6.07, 6.45) is 3.65. The van der Waals surface area contributed by atoms with Crippen molar-refractivity contribution in [1.82, 2.24) is 0 Å². The van der Waals surface area contributed by atoms with Crippen LogP contribution in [-0.4, -0.2) is 24.3 Å². The highest BCUT2D eigenvalue weighted by molar-refractivity contribution is 5.84. The van der Waals surface area contributed by atoms with E-state index in [0.717, 1.165) is 44.5 Å². The molecular weight excluding hydrogens is 228 g/mol. The third-order valence-corrected chi connectivity index (χ3v) is 4.29. The lowest BCUT2D eigenvalue weighted by Gasteiger charge is -2.23. The first-order valence-electron chi connectivity index (χ1n) is 6.64. The second kappa shape index (κ2) is 4.39. The summed E-state index contributed by atoms with van der Waals surface area (Å²) >= 11 is 0. The number of carbonyl (C=O) groups is 1. The maximum atomic E-state index is 11.4. The van der Waals surface area contributed by atoms with Crippen LogP contribution in [0.3, 0.4) is 0 Å². The topological polar surface area (TPSA) is 46.5 Å². The highest BCUT2D eigenvalue weighted by Gasteiger charge is 2.51. The van der Waals surface area contributed by atoms with Crippen LogP contribution in [0.15, 0.2) is 24.3 Å². The summed E-state index contributed by atoms with van der Waals surface area (Å²) in [5.41, 5.74) is 1.68. The highest BCUT2D eigenvalue weighted by Crippen LogP contribution is 2.49. The summed E-state index contributed by atoms with van der Waals surface area (Å²) in [6, 6.07) is 8.20. The van der Waals surface area contributed by atoms with Crippen LogP contribution in [0, 0.1) is 0 Å². The van der Waals surface area contributed by atoms with Crippen LogP contribution in [0.4, 0.5) is 0 Å². The second-order valence-electron chi connectivity index (χ2n) is 5.40. The van der Waals surface area contributed by atoms with Gasteiger partial charge in [0.2, 0.25) is 0 Å². The lowest BCUT2D eigenvalue weighted by atomic mass is 9.87. The van der Waals surface area contributed by atoms with E-state index in [0.29, 0.717) is 5.92 Å². The molecule has 0 unspecified atom stereocenters. The number of carboxylic acid groups (broad SMARTS) is 1. The van der Waals surface area contributed by atoms with E-state index in [2.05, 4.69) is 12.1 Å². The number of hydrogen-bond donors (Lipinski definition) is 1. The standard InChI is InChI=1S/C15H18O3/c16-14(17)15(6-7-15)13-3-1-2-12(10-13)11-4-8-18-9-5-11/h1-3,10-11H,4-9H2,(H,16,17). The lowest BCUT2D eigenvalue weighted by Crippen LogP contribution is -2.20. The van der Waals surface area contributed by atoms with Crippen LogP contribution in [0.25, 0.3) is 0 Å². The maximum absolute atomic E-state index is 11.4. The van der Waals surface area contributed by atoms with Crippen molar-refractivity contribution in [2.45, 2.75) is 37.0 Å². The van der Waals surface area contributed by atoms with Crippen LogP contribution < -0.4 is 0 Å². The smallest absolute Gasteiger partial charge is 0.314 e. The zero-order valence-corrected chi connectivity index (χ0v) is 10.4. The molecular formula is C15H18O3. The van der Waals surface area contributed by atoms with Gasteiger partial charge in [0.15, 0.2) is 0 Å². The van der Waals surface area contributed by atoms with Crippen molar-refractivity contribution in [1.29, 1.82) is 0 Å². The Morgan fingerprint density at radius 2 is 2.00 bits per heavy atom. The van der Waals surface area contributed by atoms with Gasteiger partial charge in [-0.25, -0.2) is 0 Å². The number of ether oxygens (including phenoxy) is 1. The van der Waals surface area contributed by atoms with Crippen LogP contribution in [-0.2, 0) is 14.9 Å². The van der Waals surface area contributed by atoms with Crippen molar-refractivity contribution >= 4 is 5.97 Å². The zero-order chi connectivity index (χ0) is 12.6. The first-order chi connectivity index (χ1) is 8.72. The Morgan fingerprint density at radius 3 is 2.61 bits per heavy atom. The van der Waals surface area contributed by atoms with Gasteiger partial charge in [-0.3, -0.25) is 4.79 Å². The van der Waals surface area contributed by atoms with E-state index in [4.69, 9.17) is 4.74 Å². The fraction of sp³-hybridized carbons (Fsp3) is 0.533. The van der Waals surface area contributed by atoms with Crippen LogP contribution >= 0.6 is 0 Å². The quantitative estimate of drug-likeness (QED) is 0.892. The summed E-state index contributed by atoms with van der Waals surface area (Å²) in [7, 11) is 0. The van der Waals surface area contributed by atoms with Crippen LogP contribution in [0.5, 0.6) is 0 Å². The Bertz CT molecular complexity index is 457. The molecule has 3 rings (SSSR count). The van der Waals surface area contributed by atoms with E-state index in [9.17, 15) is 9.90 Å².